The number of phenolic OH excluding ortho intramolecular Hbond substituents is 1. The second-order valence-electron chi connectivity index (χ2n) is 4.13. The van der Waals surface area contributed by atoms with Gasteiger partial charge < -0.3 is 14.8 Å². The highest BCUT2D eigenvalue weighted by molar-refractivity contribution is 5.45. The molecule has 0 heterocycles. The molecule has 0 saturated carbocycles. The van der Waals surface area contributed by atoms with Crippen LogP contribution in [0.15, 0.2) is 12.1 Å². The molecule has 0 aliphatic rings. The van der Waals surface area contributed by atoms with Crippen LogP contribution in [0.3, 0.4) is 0 Å². The largest absolute Gasteiger partial charge is 0.507 e. The Bertz CT molecular complexity index is 351. The fourth-order valence-corrected chi connectivity index (χ4v) is 1.59. The summed E-state index contributed by atoms with van der Waals surface area (Å²) in [6, 6.07) is 3.93. The van der Waals surface area contributed by atoms with Crippen molar-refractivity contribution in [3.63, 3.8) is 0 Å². The van der Waals surface area contributed by atoms with Gasteiger partial charge in [0.1, 0.15) is 5.75 Å². The fraction of sp³-hybridized carbons (Fsp3) is 0.500. The summed E-state index contributed by atoms with van der Waals surface area (Å²) in [5.74, 6) is 0.359. The van der Waals surface area contributed by atoms with Crippen LogP contribution in [0.1, 0.15) is 16.7 Å². The first-order chi connectivity index (χ1) is 7.56. The van der Waals surface area contributed by atoms with Crippen molar-refractivity contribution in [2.75, 3.05) is 21.2 Å². The Morgan fingerprint density at radius 2 is 2.06 bits per heavy atom. The Morgan fingerprint density at radius 1 is 1.38 bits per heavy atom. The lowest BCUT2D eigenvalue weighted by atomic mass is 10.0. The normalized spacial score (nSPS) is 11.1. The Kier molecular flexibility index (Phi) is 4.73. The van der Waals surface area contributed by atoms with Gasteiger partial charge in [-0.2, -0.15) is 5.48 Å². The lowest BCUT2D eigenvalue weighted by Crippen LogP contribution is -2.14. The molecule has 0 aliphatic carbocycles. The summed E-state index contributed by atoms with van der Waals surface area (Å²) in [4.78, 5) is 6.82. The number of benzene rings is 1. The Hall–Kier alpha value is -1.10. The maximum Gasteiger partial charge on any atom is 0.124 e. The first kappa shape index (κ1) is 13.0. The number of hydrogen-bond acceptors (Lipinski definition) is 4. The zero-order valence-corrected chi connectivity index (χ0v) is 10.4. The predicted molar refractivity (Wildman–Crippen MR) is 64.1 cm³/mol. The molecule has 0 unspecified atom stereocenters. The van der Waals surface area contributed by atoms with Crippen molar-refractivity contribution in [1.29, 1.82) is 0 Å². The van der Waals surface area contributed by atoms with E-state index in [4.69, 9.17) is 4.84 Å². The molecule has 0 aliphatic heterocycles. The quantitative estimate of drug-likeness (QED) is 0.742. The molecular weight excluding hydrogens is 204 g/mol. The molecule has 4 nitrogen and oxygen atoms in total. The summed E-state index contributed by atoms with van der Waals surface area (Å²) in [7, 11) is 5.53. The maximum absolute atomic E-state index is 10.1. The van der Waals surface area contributed by atoms with E-state index in [1.54, 1.807) is 7.11 Å². The van der Waals surface area contributed by atoms with Gasteiger partial charge in [-0.3, -0.25) is 0 Å². The topological polar surface area (TPSA) is 44.7 Å². The molecule has 0 radical (unpaired) electrons. The smallest absolute Gasteiger partial charge is 0.124 e. The van der Waals surface area contributed by atoms with Crippen LogP contribution in [0.4, 0.5) is 0 Å². The van der Waals surface area contributed by atoms with Gasteiger partial charge in [0.25, 0.3) is 0 Å². The van der Waals surface area contributed by atoms with Gasteiger partial charge in [0.2, 0.25) is 0 Å². The zero-order chi connectivity index (χ0) is 12.1. The number of nitrogens with zero attached hydrogens (tertiary/aromatic N) is 1. The van der Waals surface area contributed by atoms with Crippen LogP contribution in [0.5, 0.6) is 5.75 Å². The number of hydroxylamine groups is 1. The third-order valence-electron chi connectivity index (χ3n) is 2.48. The van der Waals surface area contributed by atoms with Crippen LogP contribution in [-0.2, 0) is 17.9 Å². The minimum atomic E-state index is 0.359. The molecule has 0 atom stereocenters. The van der Waals surface area contributed by atoms with Crippen molar-refractivity contribution >= 4 is 0 Å². The van der Waals surface area contributed by atoms with E-state index in [1.165, 1.54) is 0 Å². The van der Waals surface area contributed by atoms with Crippen molar-refractivity contribution in [2.45, 2.75) is 20.0 Å². The molecule has 0 aromatic heterocycles. The molecule has 1 rings (SSSR count). The van der Waals surface area contributed by atoms with E-state index in [0.717, 1.165) is 23.2 Å². The summed E-state index contributed by atoms with van der Waals surface area (Å²) in [5, 5.41) is 10.1. The van der Waals surface area contributed by atoms with E-state index >= 15 is 0 Å². The maximum atomic E-state index is 10.1. The number of aromatic hydroxyl groups is 1. The van der Waals surface area contributed by atoms with E-state index in [-0.39, 0.29) is 0 Å². The van der Waals surface area contributed by atoms with Crippen LogP contribution in [0, 0.1) is 6.92 Å². The van der Waals surface area contributed by atoms with Crippen LogP contribution in [-0.4, -0.2) is 31.2 Å². The SMILES string of the molecule is CONCc1ccc(C)c(CN(C)C)c1O. The van der Waals surface area contributed by atoms with Gasteiger partial charge in [0, 0.05) is 24.2 Å². The second kappa shape index (κ2) is 5.84. The first-order valence-electron chi connectivity index (χ1n) is 5.27. The van der Waals surface area contributed by atoms with Gasteiger partial charge in [-0.25, -0.2) is 0 Å². The van der Waals surface area contributed by atoms with Gasteiger partial charge in [0.15, 0.2) is 0 Å². The van der Waals surface area contributed by atoms with Crippen molar-refractivity contribution in [3.05, 3.63) is 28.8 Å². The summed E-state index contributed by atoms with van der Waals surface area (Å²) in [5.41, 5.74) is 5.66. The number of aryl methyl sites for hydroxylation is 1. The summed E-state index contributed by atoms with van der Waals surface area (Å²) in [6.07, 6.45) is 0. The van der Waals surface area contributed by atoms with Gasteiger partial charge >= 0.3 is 0 Å². The van der Waals surface area contributed by atoms with Crippen molar-refractivity contribution in [3.8, 4) is 5.75 Å². The van der Waals surface area contributed by atoms with Crippen molar-refractivity contribution < 1.29 is 9.94 Å². The highest BCUT2D eigenvalue weighted by Gasteiger charge is 2.10. The molecule has 0 saturated heterocycles. The number of nitrogens with one attached hydrogen (secondary N) is 1. The predicted octanol–water partition coefficient (Wildman–Crippen LogP) is 1.41. The Labute approximate surface area is 96.8 Å². The fourth-order valence-electron chi connectivity index (χ4n) is 1.59. The molecule has 1 aromatic carbocycles. The standard InChI is InChI=1S/C12H20N2O2/c1-9-5-6-10(7-13-16-4)12(15)11(9)8-14(2)3/h5-6,13,15H,7-8H2,1-4H3. The molecule has 2 N–H and O–H groups in total. The minimum Gasteiger partial charge on any atom is -0.507 e. The van der Waals surface area contributed by atoms with E-state index in [0.29, 0.717) is 12.3 Å². The van der Waals surface area contributed by atoms with Gasteiger partial charge in [-0.1, -0.05) is 12.1 Å². The molecule has 0 spiro atoms. The van der Waals surface area contributed by atoms with E-state index < -0.39 is 0 Å². The molecule has 0 amide bonds. The Morgan fingerprint density at radius 3 is 2.62 bits per heavy atom. The number of phenols is 1. The highest BCUT2D eigenvalue weighted by atomic mass is 16.6. The van der Waals surface area contributed by atoms with Crippen LogP contribution < -0.4 is 5.48 Å². The van der Waals surface area contributed by atoms with Gasteiger partial charge in [-0.05, 0) is 26.6 Å². The third-order valence-corrected chi connectivity index (χ3v) is 2.48. The molecule has 16 heavy (non-hydrogen) atoms. The van der Waals surface area contributed by atoms with E-state index in [1.807, 2.05) is 38.1 Å². The molecular formula is C12H20N2O2. The second-order valence-corrected chi connectivity index (χ2v) is 4.13. The first-order valence-corrected chi connectivity index (χ1v) is 5.27. The van der Waals surface area contributed by atoms with Gasteiger partial charge in [-0.15, -0.1) is 0 Å². The monoisotopic (exact) mass is 224 g/mol. The summed E-state index contributed by atoms with van der Waals surface area (Å²) < 4.78 is 0. The average Bonchev–Trinajstić information content (AvgIpc) is 2.23. The molecule has 90 valence electrons. The van der Waals surface area contributed by atoms with Gasteiger partial charge in [0.05, 0.1) is 7.11 Å². The zero-order valence-electron chi connectivity index (χ0n) is 10.4. The minimum absolute atomic E-state index is 0.359. The van der Waals surface area contributed by atoms with E-state index in [2.05, 4.69) is 5.48 Å². The molecule has 0 fully saturated rings. The third kappa shape index (κ3) is 3.20. The average molecular weight is 224 g/mol. The van der Waals surface area contributed by atoms with Crippen molar-refractivity contribution in [1.82, 2.24) is 10.4 Å². The molecule has 0 bridgehead atoms. The number of rotatable bonds is 5. The highest BCUT2D eigenvalue weighted by Crippen LogP contribution is 2.26. The summed E-state index contributed by atoms with van der Waals surface area (Å²) in [6.45, 7) is 3.24. The van der Waals surface area contributed by atoms with Crippen LogP contribution in [0.2, 0.25) is 0 Å². The van der Waals surface area contributed by atoms with Crippen LogP contribution >= 0.6 is 0 Å². The van der Waals surface area contributed by atoms with Crippen LogP contribution in [0.25, 0.3) is 0 Å². The lowest BCUT2D eigenvalue weighted by molar-refractivity contribution is 0.0861. The Balaban J connectivity index is 2.96. The molecule has 1 aromatic rings. The van der Waals surface area contributed by atoms with Crippen molar-refractivity contribution in [2.24, 2.45) is 0 Å². The summed E-state index contributed by atoms with van der Waals surface area (Å²) >= 11 is 0. The van der Waals surface area contributed by atoms with E-state index in [9.17, 15) is 5.11 Å². The number of hydrogen-bond donors (Lipinski definition) is 2. The molecule has 4 heteroatoms. The lowest BCUT2D eigenvalue weighted by Gasteiger charge is -2.16.